The van der Waals surface area contributed by atoms with Crippen LogP contribution in [-0.2, 0) is 11.3 Å². The summed E-state index contributed by atoms with van der Waals surface area (Å²) in [5.74, 6) is 0.338. The maximum Gasteiger partial charge on any atom is 0.251 e. The van der Waals surface area contributed by atoms with Crippen LogP contribution in [0.15, 0.2) is 43.2 Å². The highest BCUT2D eigenvalue weighted by Crippen LogP contribution is 2.09. The first-order valence-corrected chi connectivity index (χ1v) is 6.76. The largest absolute Gasteiger partial charge is 0.350 e. The molecule has 0 spiro atoms. The fourth-order valence-electron chi connectivity index (χ4n) is 1.82. The fraction of sp³-hybridized carbons (Fsp3) is 0.200. The summed E-state index contributed by atoms with van der Waals surface area (Å²) in [4.78, 5) is 23.2. The number of nitrogens with zero attached hydrogens (tertiary/aromatic N) is 3. The number of anilines is 1. The normalized spacial score (nSPS) is 10.0. The van der Waals surface area contributed by atoms with Crippen molar-refractivity contribution in [1.82, 2.24) is 20.1 Å². The van der Waals surface area contributed by atoms with E-state index in [1.165, 1.54) is 6.08 Å². The second-order valence-corrected chi connectivity index (χ2v) is 4.60. The Bertz CT molecular complexity index is 675. The van der Waals surface area contributed by atoms with Gasteiger partial charge in [0.1, 0.15) is 12.2 Å². The van der Waals surface area contributed by atoms with Gasteiger partial charge in [0, 0.05) is 24.3 Å². The van der Waals surface area contributed by atoms with Crippen LogP contribution in [0.2, 0.25) is 0 Å². The van der Waals surface area contributed by atoms with Crippen molar-refractivity contribution in [2.75, 3.05) is 11.9 Å². The van der Waals surface area contributed by atoms with E-state index in [2.05, 4.69) is 27.4 Å². The van der Waals surface area contributed by atoms with Gasteiger partial charge in [0.25, 0.3) is 5.91 Å². The summed E-state index contributed by atoms with van der Waals surface area (Å²) in [5.41, 5.74) is 1.14. The monoisotopic (exact) mass is 299 g/mol. The molecule has 2 rings (SSSR count). The van der Waals surface area contributed by atoms with Crippen LogP contribution in [-0.4, -0.2) is 33.1 Å². The van der Waals surface area contributed by atoms with Crippen molar-refractivity contribution in [3.8, 4) is 0 Å². The molecule has 0 fully saturated rings. The Morgan fingerprint density at radius 1 is 1.32 bits per heavy atom. The van der Waals surface area contributed by atoms with Gasteiger partial charge in [-0.25, -0.2) is 0 Å². The van der Waals surface area contributed by atoms with E-state index < -0.39 is 0 Å². The predicted molar refractivity (Wildman–Crippen MR) is 82.4 cm³/mol. The number of aromatic nitrogens is 3. The van der Waals surface area contributed by atoms with Crippen LogP contribution in [0.25, 0.3) is 0 Å². The zero-order chi connectivity index (χ0) is 15.9. The van der Waals surface area contributed by atoms with Crippen LogP contribution in [0.5, 0.6) is 0 Å². The summed E-state index contributed by atoms with van der Waals surface area (Å²) in [7, 11) is 0. The molecule has 0 atom stereocenters. The van der Waals surface area contributed by atoms with Gasteiger partial charge in [0.15, 0.2) is 0 Å². The Morgan fingerprint density at radius 3 is 2.64 bits per heavy atom. The highest BCUT2D eigenvalue weighted by atomic mass is 16.2. The van der Waals surface area contributed by atoms with Crippen molar-refractivity contribution in [3.63, 3.8) is 0 Å². The lowest BCUT2D eigenvalue weighted by Crippen LogP contribution is -2.27. The van der Waals surface area contributed by atoms with Gasteiger partial charge in [0.2, 0.25) is 5.91 Å². The van der Waals surface area contributed by atoms with E-state index in [0.29, 0.717) is 24.3 Å². The molecular weight excluding hydrogens is 282 g/mol. The lowest BCUT2D eigenvalue weighted by molar-refractivity contribution is -0.111. The van der Waals surface area contributed by atoms with E-state index >= 15 is 0 Å². The number of aryl methyl sites for hydroxylation is 1. The molecule has 0 radical (unpaired) electrons. The minimum absolute atomic E-state index is 0.174. The van der Waals surface area contributed by atoms with Gasteiger partial charge in [-0.2, -0.15) is 0 Å². The molecule has 2 N–H and O–H groups in total. The zero-order valence-electron chi connectivity index (χ0n) is 12.2. The number of hydrogen-bond donors (Lipinski definition) is 2. The SMILES string of the molecule is C=CC(=O)Nc1ccc(C(=O)NCCn2cnnc2C)cc1. The van der Waals surface area contributed by atoms with Crippen molar-refractivity contribution in [2.24, 2.45) is 0 Å². The van der Waals surface area contributed by atoms with E-state index in [4.69, 9.17) is 0 Å². The van der Waals surface area contributed by atoms with Gasteiger partial charge in [0.05, 0.1) is 0 Å². The molecule has 7 nitrogen and oxygen atoms in total. The van der Waals surface area contributed by atoms with Crippen molar-refractivity contribution in [2.45, 2.75) is 13.5 Å². The van der Waals surface area contributed by atoms with Crippen LogP contribution in [0, 0.1) is 6.92 Å². The molecule has 0 saturated carbocycles. The Hall–Kier alpha value is -2.96. The number of amides is 2. The molecule has 0 aliphatic carbocycles. The number of carbonyl (C=O) groups is 2. The number of benzene rings is 1. The van der Waals surface area contributed by atoms with Crippen molar-refractivity contribution < 1.29 is 9.59 Å². The maximum atomic E-state index is 12.0. The quantitative estimate of drug-likeness (QED) is 0.783. The molecule has 0 aliphatic rings. The molecular formula is C15H17N5O2. The Balaban J connectivity index is 1.86. The number of nitrogens with one attached hydrogen (secondary N) is 2. The highest BCUT2D eigenvalue weighted by molar-refractivity contribution is 5.99. The smallest absolute Gasteiger partial charge is 0.251 e. The first kappa shape index (κ1) is 15.4. The van der Waals surface area contributed by atoms with Gasteiger partial charge in [-0.15, -0.1) is 10.2 Å². The zero-order valence-corrected chi connectivity index (χ0v) is 12.2. The molecule has 7 heteroatoms. The average molecular weight is 299 g/mol. The van der Waals surface area contributed by atoms with Crippen molar-refractivity contribution >= 4 is 17.5 Å². The van der Waals surface area contributed by atoms with E-state index in [0.717, 1.165) is 5.82 Å². The van der Waals surface area contributed by atoms with E-state index in [1.54, 1.807) is 30.6 Å². The van der Waals surface area contributed by atoms with Crippen LogP contribution >= 0.6 is 0 Å². The van der Waals surface area contributed by atoms with Gasteiger partial charge in [-0.05, 0) is 37.3 Å². The number of hydrogen-bond acceptors (Lipinski definition) is 4. The third-order valence-electron chi connectivity index (χ3n) is 3.05. The molecule has 0 bridgehead atoms. The molecule has 2 aromatic rings. The molecule has 0 aliphatic heterocycles. The molecule has 1 aromatic carbocycles. The van der Waals surface area contributed by atoms with E-state index in [9.17, 15) is 9.59 Å². The molecule has 22 heavy (non-hydrogen) atoms. The minimum Gasteiger partial charge on any atom is -0.350 e. The molecule has 0 unspecified atom stereocenters. The summed E-state index contributed by atoms with van der Waals surface area (Å²) in [6.07, 6.45) is 2.81. The van der Waals surface area contributed by atoms with Gasteiger partial charge in [-0.1, -0.05) is 6.58 Å². The predicted octanol–water partition coefficient (Wildman–Crippen LogP) is 1.14. The Morgan fingerprint density at radius 2 is 2.05 bits per heavy atom. The van der Waals surface area contributed by atoms with Gasteiger partial charge < -0.3 is 15.2 Å². The third-order valence-corrected chi connectivity index (χ3v) is 3.05. The van der Waals surface area contributed by atoms with Gasteiger partial charge >= 0.3 is 0 Å². The number of rotatable bonds is 6. The molecule has 0 saturated heterocycles. The van der Waals surface area contributed by atoms with E-state index in [1.807, 2.05) is 11.5 Å². The molecule has 114 valence electrons. The van der Waals surface area contributed by atoms with Gasteiger partial charge in [-0.3, -0.25) is 9.59 Å². The fourth-order valence-corrected chi connectivity index (χ4v) is 1.82. The lowest BCUT2D eigenvalue weighted by Gasteiger charge is -2.07. The maximum absolute atomic E-state index is 12.0. The summed E-state index contributed by atoms with van der Waals surface area (Å²) in [6, 6.07) is 6.64. The third kappa shape index (κ3) is 4.02. The summed E-state index contributed by atoms with van der Waals surface area (Å²) >= 11 is 0. The first-order chi connectivity index (χ1) is 10.6. The van der Waals surface area contributed by atoms with E-state index in [-0.39, 0.29) is 11.8 Å². The average Bonchev–Trinajstić information content (AvgIpc) is 2.93. The van der Waals surface area contributed by atoms with Crippen LogP contribution in [0.1, 0.15) is 16.2 Å². The Labute approximate surface area is 128 Å². The summed E-state index contributed by atoms with van der Waals surface area (Å²) in [5, 5.41) is 13.1. The van der Waals surface area contributed by atoms with Crippen LogP contribution < -0.4 is 10.6 Å². The summed E-state index contributed by atoms with van der Waals surface area (Å²) < 4.78 is 1.86. The standard InChI is InChI=1S/C15H17N5O2/c1-3-14(21)18-13-6-4-12(5-7-13)15(22)16-8-9-20-10-17-19-11(20)2/h3-7,10H,1,8-9H2,2H3,(H,16,22)(H,18,21). The molecule has 2 amide bonds. The highest BCUT2D eigenvalue weighted by Gasteiger charge is 2.06. The second-order valence-electron chi connectivity index (χ2n) is 4.60. The van der Waals surface area contributed by atoms with Crippen LogP contribution in [0.3, 0.4) is 0 Å². The first-order valence-electron chi connectivity index (χ1n) is 6.76. The summed E-state index contributed by atoms with van der Waals surface area (Å²) in [6.45, 7) is 6.32. The lowest BCUT2D eigenvalue weighted by atomic mass is 10.2. The van der Waals surface area contributed by atoms with Crippen molar-refractivity contribution in [3.05, 3.63) is 54.6 Å². The Kier molecular flexibility index (Phi) is 5.02. The van der Waals surface area contributed by atoms with Crippen molar-refractivity contribution in [1.29, 1.82) is 0 Å². The molecule has 1 aromatic heterocycles. The number of carbonyl (C=O) groups excluding carboxylic acids is 2. The topological polar surface area (TPSA) is 88.9 Å². The second kappa shape index (κ2) is 7.16. The molecule has 1 heterocycles. The van der Waals surface area contributed by atoms with Crippen LogP contribution in [0.4, 0.5) is 5.69 Å². The minimum atomic E-state index is -0.290.